The summed E-state index contributed by atoms with van der Waals surface area (Å²) in [5.74, 6) is -0.400. The van der Waals surface area contributed by atoms with Crippen molar-refractivity contribution in [1.82, 2.24) is 0 Å². The van der Waals surface area contributed by atoms with Gasteiger partial charge >= 0.3 is 0 Å². The van der Waals surface area contributed by atoms with E-state index in [0.717, 1.165) is 0 Å². The quantitative estimate of drug-likeness (QED) is 0.517. The Labute approximate surface area is 62.5 Å². The first-order valence-corrected chi connectivity index (χ1v) is 3.71. The zero-order valence-electron chi connectivity index (χ0n) is 7.39. The van der Waals surface area contributed by atoms with Crippen LogP contribution in [0.15, 0.2) is 0 Å². The number of hydrogen-bond donors (Lipinski definition) is 0. The van der Waals surface area contributed by atoms with Gasteiger partial charge in [0.1, 0.15) is 0 Å². The second-order valence-corrected chi connectivity index (χ2v) is 3.87. The van der Waals surface area contributed by atoms with Crippen LogP contribution in [0, 0.1) is 0 Å². The molecule has 0 aromatic heterocycles. The molecule has 1 aliphatic rings. The smallest absolute Gasteiger partial charge is 0.164 e. The third-order valence-electron chi connectivity index (χ3n) is 1.95. The van der Waals surface area contributed by atoms with Crippen molar-refractivity contribution in [3.8, 4) is 0 Å². The van der Waals surface area contributed by atoms with Crippen LogP contribution in [0.3, 0.4) is 0 Å². The molecule has 0 radical (unpaired) electrons. The van der Waals surface area contributed by atoms with Crippen molar-refractivity contribution >= 4 is 0 Å². The summed E-state index contributed by atoms with van der Waals surface area (Å²) < 4.78 is 11.2. The topological polar surface area (TPSA) is 18.5 Å². The van der Waals surface area contributed by atoms with Gasteiger partial charge in [-0.1, -0.05) is 0 Å². The number of hydrogen-bond acceptors (Lipinski definition) is 2. The summed E-state index contributed by atoms with van der Waals surface area (Å²) in [5.41, 5.74) is -0.135. The summed E-state index contributed by atoms with van der Waals surface area (Å²) >= 11 is 0. The molecular formula is C8H16O2. The van der Waals surface area contributed by atoms with Crippen LogP contribution in [0.1, 0.15) is 34.6 Å². The van der Waals surface area contributed by atoms with Gasteiger partial charge in [-0.05, 0) is 34.6 Å². The average molecular weight is 144 g/mol. The van der Waals surface area contributed by atoms with E-state index in [1.54, 1.807) is 0 Å². The van der Waals surface area contributed by atoms with Crippen LogP contribution in [0.4, 0.5) is 0 Å². The normalized spacial score (nSPS) is 36.3. The highest BCUT2D eigenvalue weighted by Crippen LogP contribution is 2.35. The second-order valence-electron chi connectivity index (χ2n) is 3.87. The van der Waals surface area contributed by atoms with Crippen molar-refractivity contribution in [3.63, 3.8) is 0 Å². The summed E-state index contributed by atoms with van der Waals surface area (Å²) in [5, 5.41) is 0. The van der Waals surface area contributed by atoms with Gasteiger partial charge in [0.2, 0.25) is 0 Å². The lowest BCUT2D eigenvalue weighted by Crippen LogP contribution is -2.30. The van der Waals surface area contributed by atoms with E-state index >= 15 is 0 Å². The van der Waals surface area contributed by atoms with E-state index in [4.69, 9.17) is 9.47 Å². The lowest BCUT2D eigenvalue weighted by molar-refractivity contribution is -0.156. The zero-order valence-corrected chi connectivity index (χ0v) is 7.39. The van der Waals surface area contributed by atoms with Gasteiger partial charge in [-0.15, -0.1) is 0 Å². The van der Waals surface area contributed by atoms with Gasteiger partial charge in [-0.25, -0.2) is 0 Å². The fourth-order valence-electron chi connectivity index (χ4n) is 1.31. The average Bonchev–Trinajstić information content (AvgIpc) is 1.73. The van der Waals surface area contributed by atoms with Crippen LogP contribution >= 0.6 is 0 Å². The summed E-state index contributed by atoms with van der Waals surface area (Å²) in [6.45, 7) is 10.0. The van der Waals surface area contributed by atoms with Gasteiger partial charge < -0.3 is 9.47 Å². The first kappa shape index (κ1) is 8.02. The van der Waals surface area contributed by atoms with Crippen LogP contribution in [0.2, 0.25) is 0 Å². The molecule has 1 fully saturated rings. The van der Waals surface area contributed by atoms with Crippen LogP contribution in [0.25, 0.3) is 0 Å². The first-order chi connectivity index (χ1) is 4.33. The zero-order chi connectivity index (χ0) is 7.99. The molecule has 1 atom stereocenters. The van der Waals surface area contributed by atoms with Crippen LogP contribution < -0.4 is 0 Å². The van der Waals surface area contributed by atoms with E-state index in [9.17, 15) is 0 Å². The highest BCUT2D eigenvalue weighted by molar-refractivity contribution is 4.85. The molecule has 10 heavy (non-hydrogen) atoms. The molecule has 2 heteroatoms. The molecule has 1 saturated heterocycles. The van der Waals surface area contributed by atoms with E-state index in [2.05, 4.69) is 0 Å². The van der Waals surface area contributed by atoms with Gasteiger partial charge in [0.05, 0.1) is 11.7 Å². The largest absolute Gasteiger partial charge is 0.345 e. The molecule has 60 valence electrons. The summed E-state index contributed by atoms with van der Waals surface area (Å²) in [4.78, 5) is 0. The van der Waals surface area contributed by atoms with Crippen LogP contribution in [0.5, 0.6) is 0 Å². The predicted molar refractivity (Wildman–Crippen MR) is 39.8 cm³/mol. The summed E-state index contributed by atoms with van der Waals surface area (Å²) in [6.07, 6.45) is 0.183. The maximum atomic E-state index is 5.63. The molecule has 0 amide bonds. The van der Waals surface area contributed by atoms with Crippen molar-refractivity contribution in [3.05, 3.63) is 0 Å². The Hall–Kier alpha value is -0.0800. The van der Waals surface area contributed by atoms with Gasteiger partial charge in [0.15, 0.2) is 5.79 Å². The lowest BCUT2D eigenvalue weighted by atomic mass is 10.0. The first-order valence-electron chi connectivity index (χ1n) is 3.71. The van der Waals surface area contributed by atoms with Crippen LogP contribution in [-0.2, 0) is 9.47 Å². The predicted octanol–water partition coefficient (Wildman–Crippen LogP) is 1.94. The third-order valence-corrected chi connectivity index (χ3v) is 1.95. The third kappa shape index (κ3) is 1.32. The molecule has 0 aromatic rings. The molecule has 1 heterocycles. The Morgan fingerprint density at radius 2 is 1.60 bits per heavy atom. The Kier molecular flexibility index (Phi) is 1.57. The maximum absolute atomic E-state index is 5.63. The monoisotopic (exact) mass is 144 g/mol. The minimum atomic E-state index is -0.400. The van der Waals surface area contributed by atoms with Crippen molar-refractivity contribution in [1.29, 1.82) is 0 Å². The maximum Gasteiger partial charge on any atom is 0.164 e. The van der Waals surface area contributed by atoms with E-state index in [-0.39, 0.29) is 11.7 Å². The van der Waals surface area contributed by atoms with Crippen molar-refractivity contribution in [2.45, 2.75) is 52.1 Å². The summed E-state index contributed by atoms with van der Waals surface area (Å²) in [6, 6.07) is 0. The molecule has 1 rings (SSSR count). The number of ether oxygens (including phenoxy) is 2. The molecule has 0 aliphatic carbocycles. The molecule has 0 aromatic carbocycles. The van der Waals surface area contributed by atoms with Gasteiger partial charge in [-0.2, -0.15) is 0 Å². The SMILES string of the molecule is C[C@@H]1OC(C)(C)OC1(C)C. The van der Waals surface area contributed by atoms with Gasteiger partial charge in [0, 0.05) is 0 Å². The van der Waals surface area contributed by atoms with Crippen molar-refractivity contribution in [2.75, 3.05) is 0 Å². The highest BCUT2D eigenvalue weighted by Gasteiger charge is 2.44. The molecule has 0 bridgehead atoms. The Morgan fingerprint density at radius 1 is 1.10 bits per heavy atom. The molecule has 1 aliphatic heterocycles. The molecule has 0 saturated carbocycles. The van der Waals surface area contributed by atoms with Crippen molar-refractivity contribution in [2.24, 2.45) is 0 Å². The molecule has 0 N–H and O–H groups in total. The standard InChI is InChI=1S/C8H16O2/c1-6-7(2,3)10-8(4,5)9-6/h6H,1-5H3/t6-/m0/s1. The van der Waals surface area contributed by atoms with E-state index in [1.165, 1.54) is 0 Å². The molecule has 0 spiro atoms. The minimum Gasteiger partial charge on any atom is -0.345 e. The molecular weight excluding hydrogens is 128 g/mol. The Bertz CT molecular complexity index is 138. The van der Waals surface area contributed by atoms with E-state index in [1.807, 2.05) is 34.6 Å². The molecule has 2 nitrogen and oxygen atoms in total. The molecule has 0 unspecified atom stereocenters. The van der Waals surface area contributed by atoms with Crippen molar-refractivity contribution < 1.29 is 9.47 Å². The Morgan fingerprint density at radius 3 is 1.70 bits per heavy atom. The van der Waals surface area contributed by atoms with E-state index in [0.29, 0.717) is 0 Å². The Balaban J connectivity index is 2.71. The highest BCUT2D eigenvalue weighted by atomic mass is 16.8. The van der Waals surface area contributed by atoms with Gasteiger partial charge in [-0.3, -0.25) is 0 Å². The fourth-order valence-corrected chi connectivity index (χ4v) is 1.31. The summed E-state index contributed by atoms with van der Waals surface area (Å²) in [7, 11) is 0. The van der Waals surface area contributed by atoms with E-state index < -0.39 is 5.79 Å². The lowest BCUT2D eigenvalue weighted by Gasteiger charge is -2.21. The van der Waals surface area contributed by atoms with Crippen LogP contribution in [-0.4, -0.2) is 17.5 Å². The fraction of sp³-hybridized carbons (Fsp3) is 1.00. The second kappa shape index (κ2) is 1.95. The van der Waals surface area contributed by atoms with Gasteiger partial charge in [0.25, 0.3) is 0 Å². The number of rotatable bonds is 0. The minimum absolute atomic E-state index is 0.135.